The minimum Gasteiger partial charge on any atom is -0.358 e. The summed E-state index contributed by atoms with van der Waals surface area (Å²) in [4.78, 5) is 18.6. The summed E-state index contributed by atoms with van der Waals surface area (Å²) in [5, 5.41) is 4.19. The molecule has 0 radical (unpaired) electrons. The van der Waals surface area contributed by atoms with Crippen LogP contribution < -0.4 is 5.32 Å². The van der Waals surface area contributed by atoms with Gasteiger partial charge in [0.05, 0.1) is 0 Å². The SMILES string of the molecule is O=C1NCCc2c(C3CCN(Cc4ccccc4)CC3)[nH]c3cccc1c23. The number of aromatic nitrogens is 1. The third-order valence-electron chi connectivity index (χ3n) is 6.11. The first-order chi connectivity index (χ1) is 13.3. The Labute approximate surface area is 159 Å². The Morgan fingerprint density at radius 2 is 1.81 bits per heavy atom. The minimum atomic E-state index is 0.0579. The van der Waals surface area contributed by atoms with Gasteiger partial charge in [0.15, 0.2) is 0 Å². The first-order valence-electron chi connectivity index (χ1n) is 9.97. The van der Waals surface area contributed by atoms with Crippen LogP contribution in [0.4, 0.5) is 0 Å². The van der Waals surface area contributed by atoms with Gasteiger partial charge in [0.1, 0.15) is 0 Å². The smallest absolute Gasteiger partial charge is 0.251 e. The monoisotopic (exact) mass is 359 g/mol. The molecular weight excluding hydrogens is 334 g/mol. The summed E-state index contributed by atoms with van der Waals surface area (Å²) in [5.74, 6) is 0.614. The number of hydrogen-bond donors (Lipinski definition) is 2. The molecule has 1 amide bonds. The molecule has 2 N–H and O–H groups in total. The van der Waals surface area contributed by atoms with E-state index in [1.165, 1.54) is 29.7 Å². The van der Waals surface area contributed by atoms with Gasteiger partial charge in [-0.2, -0.15) is 0 Å². The molecule has 2 aliphatic rings. The number of benzene rings is 2. The summed E-state index contributed by atoms with van der Waals surface area (Å²) in [6.45, 7) is 4.01. The molecule has 138 valence electrons. The summed E-state index contributed by atoms with van der Waals surface area (Å²) in [7, 11) is 0. The zero-order valence-corrected chi connectivity index (χ0v) is 15.5. The lowest BCUT2D eigenvalue weighted by Crippen LogP contribution is -2.32. The van der Waals surface area contributed by atoms with Crippen LogP contribution in [0.2, 0.25) is 0 Å². The zero-order valence-electron chi connectivity index (χ0n) is 15.5. The van der Waals surface area contributed by atoms with Crippen molar-refractivity contribution in [2.75, 3.05) is 19.6 Å². The Morgan fingerprint density at radius 3 is 2.63 bits per heavy atom. The van der Waals surface area contributed by atoms with E-state index in [9.17, 15) is 4.79 Å². The fourth-order valence-corrected chi connectivity index (χ4v) is 4.75. The average Bonchev–Trinajstić information content (AvgIpc) is 2.99. The van der Waals surface area contributed by atoms with Gasteiger partial charge in [-0.15, -0.1) is 0 Å². The van der Waals surface area contributed by atoms with E-state index in [4.69, 9.17) is 0 Å². The summed E-state index contributed by atoms with van der Waals surface area (Å²) < 4.78 is 0. The van der Waals surface area contributed by atoms with Crippen LogP contribution in [-0.2, 0) is 13.0 Å². The molecule has 1 fully saturated rings. The maximum atomic E-state index is 12.4. The van der Waals surface area contributed by atoms with E-state index in [-0.39, 0.29) is 5.91 Å². The van der Waals surface area contributed by atoms with E-state index in [2.05, 4.69) is 51.6 Å². The molecule has 1 aromatic heterocycles. The zero-order chi connectivity index (χ0) is 18.2. The van der Waals surface area contributed by atoms with Crippen molar-refractivity contribution in [3.63, 3.8) is 0 Å². The normalized spacial score (nSPS) is 18.4. The van der Waals surface area contributed by atoms with Crippen LogP contribution in [0.3, 0.4) is 0 Å². The van der Waals surface area contributed by atoms with Crippen LogP contribution in [0.15, 0.2) is 48.5 Å². The lowest BCUT2D eigenvalue weighted by Gasteiger charge is -2.32. The highest BCUT2D eigenvalue weighted by Gasteiger charge is 2.28. The minimum absolute atomic E-state index is 0.0579. The third kappa shape index (κ3) is 3.04. The van der Waals surface area contributed by atoms with Gasteiger partial charge in [-0.05, 0) is 55.6 Å². The van der Waals surface area contributed by atoms with Gasteiger partial charge in [-0.25, -0.2) is 0 Å². The van der Waals surface area contributed by atoms with Crippen LogP contribution in [0.1, 0.15) is 45.9 Å². The van der Waals surface area contributed by atoms with Crippen molar-refractivity contribution in [1.29, 1.82) is 0 Å². The molecule has 5 rings (SSSR count). The Hall–Kier alpha value is -2.59. The van der Waals surface area contributed by atoms with Gasteiger partial charge >= 0.3 is 0 Å². The van der Waals surface area contributed by atoms with Crippen LogP contribution >= 0.6 is 0 Å². The number of piperidine rings is 1. The number of carbonyl (C=O) groups excluding carboxylic acids is 1. The summed E-state index contributed by atoms with van der Waals surface area (Å²) in [6, 6.07) is 16.8. The number of amides is 1. The lowest BCUT2D eigenvalue weighted by molar-refractivity contribution is 0.0957. The van der Waals surface area contributed by atoms with Crippen LogP contribution in [0, 0.1) is 0 Å². The van der Waals surface area contributed by atoms with Crippen LogP contribution in [0.25, 0.3) is 10.9 Å². The molecule has 2 aromatic carbocycles. The predicted octanol–water partition coefficient (Wildman–Crippen LogP) is 3.83. The molecule has 4 heteroatoms. The Bertz CT molecular complexity index is 968. The molecule has 2 aliphatic heterocycles. The maximum Gasteiger partial charge on any atom is 0.251 e. The van der Waals surface area contributed by atoms with Crippen molar-refractivity contribution in [2.45, 2.75) is 31.7 Å². The van der Waals surface area contributed by atoms with Crippen LogP contribution in [0.5, 0.6) is 0 Å². The molecule has 3 aromatic rings. The van der Waals surface area contributed by atoms with Crippen molar-refractivity contribution in [3.8, 4) is 0 Å². The second-order valence-corrected chi connectivity index (χ2v) is 7.79. The number of rotatable bonds is 3. The molecule has 3 heterocycles. The van der Waals surface area contributed by atoms with Gasteiger partial charge < -0.3 is 10.3 Å². The van der Waals surface area contributed by atoms with E-state index < -0.39 is 0 Å². The van der Waals surface area contributed by atoms with Gasteiger partial charge in [0.2, 0.25) is 0 Å². The standard InChI is InChI=1S/C23H25N3O/c27-23-19-7-4-8-20-21(19)18(9-12-24-23)22(25-20)17-10-13-26(14-11-17)15-16-5-2-1-3-6-16/h1-8,17,25H,9-15H2,(H,24,27). The van der Waals surface area contributed by atoms with Gasteiger partial charge in [0.25, 0.3) is 5.91 Å². The third-order valence-corrected chi connectivity index (χ3v) is 6.11. The van der Waals surface area contributed by atoms with Crippen molar-refractivity contribution in [3.05, 3.63) is 70.9 Å². The molecule has 0 saturated carbocycles. The van der Waals surface area contributed by atoms with Gasteiger partial charge in [0, 0.05) is 41.2 Å². The summed E-state index contributed by atoms with van der Waals surface area (Å²) in [5.41, 5.74) is 6.06. The molecule has 0 spiro atoms. The maximum absolute atomic E-state index is 12.4. The summed E-state index contributed by atoms with van der Waals surface area (Å²) in [6.07, 6.45) is 3.26. The van der Waals surface area contributed by atoms with Gasteiger partial charge in [-0.3, -0.25) is 9.69 Å². The van der Waals surface area contributed by atoms with Crippen molar-refractivity contribution < 1.29 is 4.79 Å². The number of nitrogens with zero attached hydrogens (tertiary/aromatic N) is 1. The Morgan fingerprint density at radius 1 is 1.00 bits per heavy atom. The fraction of sp³-hybridized carbons (Fsp3) is 0.348. The number of nitrogens with one attached hydrogen (secondary N) is 2. The molecule has 0 bridgehead atoms. The molecule has 4 nitrogen and oxygen atoms in total. The van der Waals surface area contributed by atoms with E-state index in [1.807, 2.05) is 12.1 Å². The first kappa shape index (κ1) is 16.6. The molecule has 27 heavy (non-hydrogen) atoms. The quantitative estimate of drug-likeness (QED) is 0.747. The number of aromatic amines is 1. The average molecular weight is 359 g/mol. The molecule has 0 aliphatic carbocycles. The van der Waals surface area contributed by atoms with E-state index in [0.717, 1.165) is 49.1 Å². The highest BCUT2D eigenvalue weighted by atomic mass is 16.1. The topological polar surface area (TPSA) is 48.1 Å². The second kappa shape index (κ2) is 6.86. The second-order valence-electron chi connectivity index (χ2n) is 7.79. The molecule has 1 saturated heterocycles. The van der Waals surface area contributed by atoms with E-state index in [0.29, 0.717) is 5.92 Å². The molecular formula is C23H25N3O. The van der Waals surface area contributed by atoms with E-state index >= 15 is 0 Å². The van der Waals surface area contributed by atoms with E-state index in [1.54, 1.807) is 0 Å². The van der Waals surface area contributed by atoms with Crippen molar-refractivity contribution >= 4 is 16.8 Å². The first-order valence-corrected chi connectivity index (χ1v) is 9.97. The number of hydrogen-bond acceptors (Lipinski definition) is 2. The fourth-order valence-electron chi connectivity index (χ4n) is 4.75. The molecule has 0 atom stereocenters. The summed E-state index contributed by atoms with van der Waals surface area (Å²) >= 11 is 0. The number of likely N-dealkylation sites (tertiary alicyclic amines) is 1. The predicted molar refractivity (Wildman–Crippen MR) is 108 cm³/mol. The number of H-pyrrole nitrogens is 1. The van der Waals surface area contributed by atoms with Crippen LogP contribution in [-0.4, -0.2) is 35.4 Å². The lowest BCUT2D eigenvalue weighted by atomic mass is 9.89. The highest BCUT2D eigenvalue weighted by molar-refractivity contribution is 6.08. The largest absolute Gasteiger partial charge is 0.358 e. The Kier molecular flexibility index (Phi) is 4.21. The highest BCUT2D eigenvalue weighted by Crippen LogP contribution is 2.36. The van der Waals surface area contributed by atoms with Gasteiger partial charge in [-0.1, -0.05) is 36.4 Å². The molecule has 0 unspecified atom stereocenters. The van der Waals surface area contributed by atoms with Crippen molar-refractivity contribution in [1.82, 2.24) is 15.2 Å². The Balaban J connectivity index is 1.38. The number of carbonyl (C=O) groups is 1. The van der Waals surface area contributed by atoms with Crippen molar-refractivity contribution in [2.24, 2.45) is 0 Å².